The average molecular weight is 553 g/mol. The Bertz CT molecular complexity index is 1190. The van der Waals surface area contributed by atoms with E-state index in [0.717, 1.165) is 4.90 Å². The van der Waals surface area contributed by atoms with Crippen LogP contribution in [0, 0.1) is 0 Å². The Kier molecular flexibility index (Phi) is 12.2. The number of thioether (sulfide) groups is 1. The minimum Gasteiger partial charge on any atom is -0.491 e. The highest BCUT2D eigenvalue weighted by atomic mass is 32.2. The molecule has 9 nitrogen and oxygen atoms in total. The van der Waals surface area contributed by atoms with Gasteiger partial charge in [0.2, 0.25) is 0 Å². The molecule has 0 aliphatic heterocycles. The van der Waals surface area contributed by atoms with Crippen molar-refractivity contribution in [3.05, 3.63) is 96.6 Å². The van der Waals surface area contributed by atoms with Gasteiger partial charge in [-0.15, -0.1) is 11.8 Å². The Hall–Kier alpha value is -3.99. The standard InChI is InChI=1S/C29H32N2O7S/c1-39-25-17-13-22(14-18-25)30-29(34)38-28(21-11-15-23(16-12-21)36-20-19-32)26(9-5-6-10-27(33)31-35)37-24-7-3-2-4-8-24/h2-4,6-8,10-18,26,28,32,35H,5,9,19-20H2,1H3,(H,30,34)(H,31,33)/b10-6+/t26-,28-/m0/s1. The number of ether oxygens (including phenoxy) is 3. The van der Waals surface area contributed by atoms with Crippen molar-refractivity contribution in [2.24, 2.45) is 0 Å². The van der Waals surface area contributed by atoms with Gasteiger partial charge >= 0.3 is 6.09 Å². The molecular formula is C29H32N2O7S. The first-order chi connectivity index (χ1) is 19.0. The summed E-state index contributed by atoms with van der Waals surface area (Å²) in [6, 6.07) is 23.5. The number of allylic oxidation sites excluding steroid dienone is 1. The maximum Gasteiger partial charge on any atom is 0.412 e. The fourth-order valence-corrected chi connectivity index (χ4v) is 4.06. The molecule has 0 radical (unpaired) electrons. The summed E-state index contributed by atoms with van der Waals surface area (Å²) in [4.78, 5) is 25.5. The molecule has 2 atom stereocenters. The van der Waals surface area contributed by atoms with Crippen LogP contribution in [0.15, 0.2) is 95.9 Å². The molecule has 3 aromatic rings. The monoisotopic (exact) mass is 552 g/mol. The number of aliphatic hydroxyl groups is 1. The number of aliphatic hydroxyl groups excluding tert-OH is 1. The number of anilines is 1. The third-order valence-corrected chi connectivity index (χ3v) is 6.25. The van der Waals surface area contributed by atoms with Crippen molar-refractivity contribution >= 4 is 29.4 Å². The summed E-state index contributed by atoms with van der Waals surface area (Å²) < 4.78 is 17.7. The van der Waals surface area contributed by atoms with Gasteiger partial charge in [-0.2, -0.15) is 0 Å². The molecule has 0 aliphatic carbocycles. The van der Waals surface area contributed by atoms with Gasteiger partial charge in [-0.3, -0.25) is 15.3 Å². The van der Waals surface area contributed by atoms with Crippen molar-refractivity contribution < 1.29 is 34.1 Å². The van der Waals surface area contributed by atoms with Gasteiger partial charge < -0.3 is 19.3 Å². The molecule has 0 bridgehead atoms. The van der Waals surface area contributed by atoms with Gasteiger partial charge in [0.25, 0.3) is 5.91 Å². The predicted molar refractivity (Wildman–Crippen MR) is 149 cm³/mol. The molecule has 2 amide bonds. The van der Waals surface area contributed by atoms with E-state index in [4.69, 9.17) is 24.5 Å². The summed E-state index contributed by atoms with van der Waals surface area (Å²) in [6.45, 7) is 0.0465. The lowest BCUT2D eigenvalue weighted by Crippen LogP contribution is -2.31. The molecule has 0 fully saturated rings. The van der Waals surface area contributed by atoms with E-state index in [1.165, 1.54) is 6.08 Å². The molecule has 3 rings (SSSR count). The summed E-state index contributed by atoms with van der Waals surface area (Å²) >= 11 is 1.60. The molecule has 0 aromatic heterocycles. The molecule has 206 valence electrons. The summed E-state index contributed by atoms with van der Waals surface area (Å²) in [5, 5.41) is 20.5. The van der Waals surface area contributed by atoms with E-state index in [1.54, 1.807) is 71.8 Å². The van der Waals surface area contributed by atoms with E-state index in [1.807, 2.05) is 36.6 Å². The number of carbonyl (C=O) groups is 2. The fraction of sp³-hybridized carbons (Fsp3) is 0.241. The van der Waals surface area contributed by atoms with Crippen molar-refractivity contribution in [1.82, 2.24) is 5.48 Å². The average Bonchev–Trinajstić information content (AvgIpc) is 2.97. The first-order valence-corrected chi connectivity index (χ1v) is 13.5. The molecule has 0 aliphatic rings. The Labute approximate surface area is 231 Å². The molecule has 10 heteroatoms. The number of hydrogen-bond acceptors (Lipinski definition) is 8. The molecule has 0 saturated carbocycles. The van der Waals surface area contributed by atoms with Crippen LogP contribution >= 0.6 is 11.8 Å². The summed E-state index contributed by atoms with van der Waals surface area (Å²) in [5.74, 6) is 0.501. The highest BCUT2D eigenvalue weighted by Crippen LogP contribution is 2.30. The predicted octanol–water partition coefficient (Wildman–Crippen LogP) is 5.36. The normalized spacial score (nSPS) is 12.4. The molecule has 39 heavy (non-hydrogen) atoms. The smallest absolute Gasteiger partial charge is 0.412 e. The van der Waals surface area contributed by atoms with E-state index < -0.39 is 24.2 Å². The minimum absolute atomic E-state index is 0.111. The number of hydroxylamine groups is 1. The van der Waals surface area contributed by atoms with Crippen LogP contribution in [0.3, 0.4) is 0 Å². The molecule has 0 spiro atoms. The lowest BCUT2D eigenvalue weighted by molar-refractivity contribution is -0.124. The van der Waals surface area contributed by atoms with Crippen molar-refractivity contribution in [1.29, 1.82) is 0 Å². The quantitative estimate of drug-likeness (QED) is 0.0912. The Balaban J connectivity index is 1.87. The molecule has 0 unspecified atom stereocenters. The van der Waals surface area contributed by atoms with E-state index in [-0.39, 0.29) is 13.2 Å². The molecule has 4 N–H and O–H groups in total. The summed E-state index contributed by atoms with van der Waals surface area (Å²) in [6.07, 6.45) is 3.45. The van der Waals surface area contributed by atoms with Gasteiger partial charge in [0.05, 0.1) is 6.61 Å². The van der Waals surface area contributed by atoms with Crippen LogP contribution in [0.2, 0.25) is 0 Å². The van der Waals surface area contributed by atoms with Crippen LogP contribution < -0.4 is 20.3 Å². The van der Waals surface area contributed by atoms with Gasteiger partial charge in [-0.05, 0) is 73.2 Å². The minimum atomic E-state index is -0.831. The number of nitrogens with one attached hydrogen (secondary N) is 2. The Morgan fingerprint density at radius 1 is 0.974 bits per heavy atom. The number of amides is 2. The summed E-state index contributed by atoms with van der Waals surface area (Å²) in [7, 11) is 0. The first kappa shape index (κ1) is 29.6. The van der Waals surface area contributed by atoms with Crippen LogP contribution in [-0.2, 0) is 9.53 Å². The molecule has 0 heterocycles. The van der Waals surface area contributed by atoms with Crippen molar-refractivity contribution in [2.45, 2.75) is 29.9 Å². The number of para-hydroxylation sites is 1. The van der Waals surface area contributed by atoms with Crippen LogP contribution in [0.5, 0.6) is 11.5 Å². The third kappa shape index (κ3) is 10.0. The van der Waals surface area contributed by atoms with E-state index in [0.29, 0.717) is 35.6 Å². The Morgan fingerprint density at radius 3 is 2.33 bits per heavy atom. The number of hydrogen-bond donors (Lipinski definition) is 4. The second-order valence-electron chi connectivity index (χ2n) is 8.25. The van der Waals surface area contributed by atoms with Gasteiger partial charge in [0.1, 0.15) is 24.2 Å². The largest absolute Gasteiger partial charge is 0.491 e. The van der Waals surface area contributed by atoms with Gasteiger partial charge in [-0.25, -0.2) is 10.3 Å². The zero-order valence-corrected chi connectivity index (χ0v) is 22.3. The molecule has 0 saturated heterocycles. The molecular weight excluding hydrogens is 520 g/mol. The van der Waals surface area contributed by atoms with Gasteiger partial charge in [0.15, 0.2) is 6.10 Å². The lowest BCUT2D eigenvalue weighted by Gasteiger charge is -2.28. The van der Waals surface area contributed by atoms with Crippen LogP contribution in [0.25, 0.3) is 0 Å². The Morgan fingerprint density at radius 2 is 1.69 bits per heavy atom. The highest BCUT2D eigenvalue weighted by molar-refractivity contribution is 7.98. The van der Waals surface area contributed by atoms with Crippen molar-refractivity contribution in [3.63, 3.8) is 0 Å². The second kappa shape index (κ2) is 16.1. The maximum absolute atomic E-state index is 13.0. The number of benzene rings is 3. The zero-order chi connectivity index (χ0) is 27.9. The van der Waals surface area contributed by atoms with E-state index in [2.05, 4.69) is 5.32 Å². The SMILES string of the molecule is CSc1ccc(NC(=O)O[C@@H](c2ccc(OCCO)cc2)[C@H](CC/C=C/C(=O)NO)Oc2ccccc2)cc1. The highest BCUT2D eigenvalue weighted by Gasteiger charge is 2.29. The van der Waals surface area contributed by atoms with Gasteiger partial charge in [-0.1, -0.05) is 36.4 Å². The van der Waals surface area contributed by atoms with E-state index in [9.17, 15) is 9.59 Å². The molecule has 3 aromatic carbocycles. The zero-order valence-electron chi connectivity index (χ0n) is 21.5. The second-order valence-corrected chi connectivity index (χ2v) is 9.13. The fourth-order valence-electron chi connectivity index (χ4n) is 3.65. The van der Waals surface area contributed by atoms with Crippen LogP contribution in [0.4, 0.5) is 10.5 Å². The topological polar surface area (TPSA) is 126 Å². The maximum atomic E-state index is 13.0. The van der Waals surface area contributed by atoms with Crippen LogP contribution in [0.1, 0.15) is 24.5 Å². The number of carbonyl (C=O) groups excluding carboxylic acids is 2. The van der Waals surface area contributed by atoms with Gasteiger partial charge in [0, 0.05) is 16.7 Å². The van der Waals surface area contributed by atoms with Crippen LogP contribution in [-0.4, -0.2) is 47.9 Å². The first-order valence-electron chi connectivity index (χ1n) is 12.3. The lowest BCUT2D eigenvalue weighted by atomic mass is 10.00. The number of rotatable bonds is 14. The van der Waals surface area contributed by atoms with E-state index >= 15 is 0 Å². The summed E-state index contributed by atoms with van der Waals surface area (Å²) in [5.41, 5.74) is 2.80. The van der Waals surface area contributed by atoms with Crippen molar-refractivity contribution in [2.75, 3.05) is 24.8 Å². The third-order valence-electron chi connectivity index (χ3n) is 5.50. The van der Waals surface area contributed by atoms with Crippen molar-refractivity contribution in [3.8, 4) is 11.5 Å².